The van der Waals surface area contributed by atoms with Gasteiger partial charge < -0.3 is 14.7 Å². The van der Waals surface area contributed by atoms with Crippen molar-refractivity contribution in [1.29, 1.82) is 0 Å². The van der Waals surface area contributed by atoms with E-state index in [0.29, 0.717) is 0 Å². The Morgan fingerprint density at radius 3 is 1.28 bits per heavy atom. The van der Waals surface area contributed by atoms with Crippen LogP contribution in [0, 0.1) is 6.92 Å². The molecule has 2 aliphatic heterocycles. The smallest absolute Gasteiger partial charge is 0.252 e. The molecule has 0 N–H and O–H groups in total. The zero-order valence-electron chi connectivity index (χ0n) is 58.8. The molecule has 3 heterocycles. The Bertz CT molecular complexity index is 4380. The Kier molecular flexibility index (Phi) is 13.4. The number of anilines is 9. The first kappa shape index (κ1) is 61.0. The molecule has 0 spiro atoms. The first-order valence-electron chi connectivity index (χ1n) is 34.1. The van der Waals surface area contributed by atoms with Gasteiger partial charge in [0.15, 0.2) is 0 Å². The molecule has 9 aromatic rings. The molecule has 5 heteroatoms. The fraction of sp³-hybridized carbons (Fsp3) is 0.435. The minimum absolute atomic E-state index is 0.00262. The van der Waals surface area contributed by atoms with Crippen molar-refractivity contribution in [2.24, 2.45) is 0 Å². The maximum absolute atomic E-state index is 2.78. The van der Waals surface area contributed by atoms with Gasteiger partial charge in [-0.2, -0.15) is 0 Å². The van der Waals surface area contributed by atoms with E-state index < -0.39 is 0 Å². The molecule has 0 saturated heterocycles. The molecule has 3 aliphatic carbocycles. The number of rotatable bonds is 5. The third kappa shape index (κ3) is 9.59. The van der Waals surface area contributed by atoms with E-state index in [9.17, 15) is 0 Å². The van der Waals surface area contributed by atoms with E-state index in [-0.39, 0.29) is 55.4 Å². The molecule has 14 rings (SSSR count). The lowest BCUT2D eigenvalue weighted by atomic mass is 9.33. The first-order valence-corrected chi connectivity index (χ1v) is 35.0. The minimum Gasteiger partial charge on any atom is -0.311 e. The van der Waals surface area contributed by atoms with Gasteiger partial charge in [0.25, 0.3) is 6.71 Å². The van der Waals surface area contributed by atoms with E-state index in [0.717, 1.165) is 42.7 Å². The van der Waals surface area contributed by atoms with Gasteiger partial charge in [-0.3, -0.25) is 0 Å². The van der Waals surface area contributed by atoms with E-state index in [1.807, 2.05) is 11.3 Å². The normalized spacial score (nSPS) is 19.0. The second-order valence-electron chi connectivity index (χ2n) is 35.6. The summed E-state index contributed by atoms with van der Waals surface area (Å²) in [5, 5.41) is 2.72. The molecule has 464 valence electrons. The lowest BCUT2D eigenvalue weighted by Crippen LogP contribution is -2.62. The SMILES string of the molecule is Cc1cc2c(cc1N1c3cc4sc5ccc(C(C)(C)C)cc5c4cc3B3c4cc5c(cc4N(c4ccc6c(c4)C(C)(C)CCC6(C)C)c4cc(N(c6ccc(C(C)(C)C)cc6)c6ccc(C(C)(C)C)cc6)cc1c43)C(C)(C)CCC5(C)C)C(C)(C)CCC2(C)C. The van der Waals surface area contributed by atoms with Crippen LogP contribution in [0.4, 0.5) is 51.2 Å². The van der Waals surface area contributed by atoms with Gasteiger partial charge in [0.1, 0.15) is 0 Å². The predicted octanol–water partition coefficient (Wildman–Crippen LogP) is 22.9. The second kappa shape index (κ2) is 19.7. The van der Waals surface area contributed by atoms with Crippen molar-refractivity contribution in [3.05, 3.63) is 189 Å². The van der Waals surface area contributed by atoms with Crippen LogP contribution in [0.1, 0.15) is 240 Å². The summed E-state index contributed by atoms with van der Waals surface area (Å²) in [6, 6.07) is 55.3. The summed E-state index contributed by atoms with van der Waals surface area (Å²) in [5.41, 5.74) is 29.6. The molecule has 0 fully saturated rings. The molecular weight excluding hydrogens is 1110 g/mol. The Morgan fingerprint density at radius 2 is 0.767 bits per heavy atom. The maximum atomic E-state index is 2.78. The van der Waals surface area contributed by atoms with E-state index in [1.54, 1.807) is 0 Å². The van der Waals surface area contributed by atoms with E-state index >= 15 is 0 Å². The van der Waals surface area contributed by atoms with Gasteiger partial charge in [0.2, 0.25) is 0 Å². The fourth-order valence-electron chi connectivity index (χ4n) is 16.8. The van der Waals surface area contributed by atoms with Crippen LogP contribution in [0.25, 0.3) is 20.2 Å². The molecule has 5 aliphatic rings. The van der Waals surface area contributed by atoms with Crippen molar-refractivity contribution in [2.75, 3.05) is 14.7 Å². The van der Waals surface area contributed by atoms with E-state index in [4.69, 9.17) is 0 Å². The lowest BCUT2D eigenvalue weighted by Gasteiger charge is -2.48. The van der Waals surface area contributed by atoms with Gasteiger partial charge in [-0.25, -0.2) is 0 Å². The van der Waals surface area contributed by atoms with Crippen LogP contribution in [0.15, 0.2) is 133 Å². The van der Waals surface area contributed by atoms with Gasteiger partial charge in [0, 0.05) is 60.3 Å². The van der Waals surface area contributed by atoms with Crippen molar-refractivity contribution in [1.82, 2.24) is 0 Å². The monoisotopic (exact) mass is 1210 g/mol. The van der Waals surface area contributed by atoms with Gasteiger partial charge >= 0.3 is 0 Å². The molecule has 3 nitrogen and oxygen atoms in total. The number of fused-ring (bicyclic) bond motifs is 10. The molecule has 90 heavy (non-hydrogen) atoms. The average Bonchev–Trinajstić information content (AvgIpc) is 1.05. The van der Waals surface area contributed by atoms with Crippen LogP contribution in [0.2, 0.25) is 0 Å². The van der Waals surface area contributed by atoms with Crippen molar-refractivity contribution < 1.29 is 0 Å². The van der Waals surface area contributed by atoms with Gasteiger partial charge in [0.05, 0.1) is 5.69 Å². The molecule has 0 unspecified atom stereocenters. The summed E-state index contributed by atoms with van der Waals surface area (Å²) in [6.07, 6.45) is 6.93. The average molecular weight is 1210 g/mol. The maximum Gasteiger partial charge on any atom is 0.252 e. The van der Waals surface area contributed by atoms with Crippen LogP contribution < -0.4 is 31.1 Å². The third-order valence-electron chi connectivity index (χ3n) is 23.2. The largest absolute Gasteiger partial charge is 0.311 e. The number of nitrogens with zero attached hydrogens (tertiary/aromatic N) is 3. The minimum atomic E-state index is -0.0789. The van der Waals surface area contributed by atoms with Crippen LogP contribution in [0.5, 0.6) is 0 Å². The first-order chi connectivity index (χ1) is 41.8. The number of hydrogen-bond donors (Lipinski definition) is 0. The molecule has 8 aromatic carbocycles. The van der Waals surface area contributed by atoms with Crippen LogP contribution in [-0.2, 0) is 48.7 Å². The van der Waals surface area contributed by atoms with Crippen molar-refractivity contribution in [3.63, 3.8) is 0 Å². The molecule has 0 atom stereocenters. The second-order valence-corrected chi connectivity index (χ2v) is 36.7. The Balaban J connectivity index is 1.17. The lowest BCUT2D eigenvalue weighted by molar-refractivity contribution is 0.332. The molecule has 0 saturated carbocycles. The van der Waals surface area contributed by atoms with Crippen molar-refractivity contribution >= 4 is 106 Å². The third-order valence-corrected chi connectivity index (χ3v) is 24.4. The standard InChI is InChI=1S/C85H100BN3S/c1-51-41-62-65(84(19,20)39-37-81(62,13)14)48-69(51)89-71-50-75-60(59-42-54(79(8,9)10)27-34-74(59)90-75)46-67(71)86-68-47-64-66(85(21,22)40-38-83(64,17)18)49-70(68)88(57-32-33-61-63(43-57)82(15,16)36-35-80(61,11)12)72-44-58(45-73(89)76(72)86)87(55-28-23-52(24-29-55)77(2,3)4)56-30-25-53(26-31-56)78(5,6)7/h23-34,41-50H,35-40H2,1-22H3. The topological polar surface area (TPSA) is 9.72 Å². The summed E-state index contributed by atoms with van der Waals surface area (Å²) in [5.74, 6) is 0. The Hall–Kier alpha value is -6.56. The highest BCUT2D eigenvalue weighted by Gasteiger charge is 2.49. The predicted molar refractivity (Wildman–Crippen MR) is 395 cm³/mol. The molecule has 1 aromatic heterocycles. The number of benzene rings is 8. The summed E-state index contributed by atoms with van der Waals surface area (Å²) >= 11 is 1.96. The van der Waals surface area contributed by atoms with E-state index in [1.165, 1.54) is 139 Å². The highest BCUT2D eigenvalue weighted by atomic mass is 32.1. The number of aryl methyl sites for hydroxylation is 1. The molecule has 0 bridgehead atoms. The zero-order chi connectivity index (χ0) is 64.3. The fourth-order valence-corrected chi connectivity index (χ4v) is 17.9. The summed E-state index contributed by atoms with van der Waals surface area (Å²) < 4.78 is 2.68. The highest BCUT2D eigenvalue weighted by molar-refractivity contribution is 7.26. The Labute approximate surface area is 545 Å². The van der Waals surface area contributed by atoms with Gasteiger partial charge in [-0.15, -0.1) is 11.3 Å². The molecule has 0 amide bonds. The number of thiophene rings is 1. The van der Waals surface area contributed by atoms with Crippen LogP contribution in [-0.4, -0.2) is 6.71 Å². The van der Waals surface area contributed by atoms with Crippen molar-refractivity contribution in [3.8, 4) is 0 Å². The molecule has 0 radical (unpaired) electrons. The number of hydrogen-bond acceptors (Lipinski definition) is 4. The highest BCUT2D eigenvalue weighted by Crippen LogP contribution is 2.57. The summed E-state index contributed by atoms with van der Waals surface area (Å²) in [7, 11) is 0. The van der Waals surface area contributed by atoms with Crippen LogP contribution in [0.3, 0.4) is 0 Å². The Morgan fingerprint density at radius 1 is 0.356 bits per heavy atom. The van der Waals surface area contributed by atoms with E-state index in [2.05, 4.69) is 300 Å². The summed E-state index contributed by atoms with van der Waals surface area (Å²) in [4.78, 5) is 8.13. The summed E-state index contributed by atoms with van der Waals surface area (Å²) in [6.45, 7) is 53.4. The quantitative estimate of drug-likeness (QED) is 0.159. The zero-order valence-corrected chi connectivity index (χ0v) is 59.6. The van der Waals surface area contributed by atoms with Crippen LogP contribution >= 0.6 is 11.3 Å². The van der Waals surface area contributed by atoms with Crippen molar-refractivity contribution in [2.45, 2.75) is 240 Å². The molecular formula is C85H100BN3S. The van der Waals surface area contributed by atoms with Gasteiger partial charge in [-0.05, 0) is 250 Å². The van der Waals surface area contributed by atoms with Gasteiger partial charge in [-0.1, -0.05) is 200 Å².